The lowest BCUT2D eigenvalue weighted by Crippen LogP contribution is -2.19. The minimum Gasteiger partial charge on any atom is -0.467 e. The summed E-state index contributed by atoms with van der Waals surface area (Å²) in [6, 6.07) is 3.01. The molecule has 0 unspecified atom stereocenters. The van der Waals surface area contributed by atoms with E-state index in [4.69, 9.17) is 0 Å². The van der Waals surface area contributed by atoms with Crippen molar-refractivity contribution < 1.29 is 26.7 Å². The molecule has 3 aromatic rings. The SMILES string of the molecule is Fc1cc2nc(-c3cnnc(OCC(F)(F)F)c3)[nH]c2cc1F. The highest BCUT2D eigenvalue weighted by atomic mass is 19.4. The van der Waals surface area contributed by atoms with Gasteiger partial charge in [0.1, 0.15) is 5.82 Å². The fourth-order valence-electron chi connectivity index (χ4n) is 1.84. The first kappa shape index (κ1) is 15.1. The average Bonchev–Trinajstić information content (AvgIpc) is 2.88. The zero-order valence-electron chi connectivity index (χ0n) is 11.2. The van der Waals surface area contributed by atoms with Crippen LogP contribution in [-0.4, -0.2) is 32.9 Å². The number of benzene rings is 1. The predicted molar refractivity (Wildman–Crippen MR) is 68.6 cm³/mol. The van der Waals surface area contributed by atoms with Crippen molar-refractivity contribution in [2.24, 2.45) is 0 Å². The number of imidazole rings is 1. The number of aromatic nitrogens is 4. The Kier molecular flexibility index (Phi) is 3.58. The molecule has 0 saturated carbocycles. The summed E-state index contributed by atoms with van der Waals surface area (Å²) >= 11 is 0. The van der Waals surface area contributed by atoms with Crippen molar-refractivity contribution in [1.82, 2.24) is 20.2 Å². The number of nitrogens with one attached hydrogen (secondary N) is 1. The van der Waals surface area contributed by atoms with E-state index in [1.165, 1.54) is 12.3 Å². The van der Waals surface area contributed by atoms with Crippen molar-refractivity contribution in [1.29, 1.82) is 0 Å². The van der Waals surface area contributed by atoms with Crippen molar-refractivity contribution in [3.63, 3.8) is 0 Å². The standard InChI is InChI=1S/C13H7F5N4O/c14-7-2-9-10(3-8(7)15)21-12(20-9)6-1-11(22-19-4-6)23-5-13(16,17)18/h1-4H,5H2,(H,20,21). The number of aromatic amines is 1. The van der Waals surface area contributed by atoms with Crippen LogP contribution in [0.5, 0.6) is 5.88 Å². The van der Waals surface area contributed by atoms with E-state index in [1.807, 2.05) is 0 Å². The van der Waals surface area contributed by atoms with Gasteiger partial charge in [-0.2, -0.15) is 18.3 Å². The Morgan fingerprint density at radius 3 is 2.57 bits per heavy atom. The van der Waals surface area contributed by atoms with Crippen LogP contribution in [0.2, 0.25) is 0 Å². The summed E-state index contributed by atoms with van der Waals surface area (Å²) in [6.45, 7) is -1.51. The first-order chi connectivity index (χ1) is 10.8. The Labute approximate surface area is 125 Å². The molecule has 5 nitrogen and oxygen atoms in total. The molecule has 23 heavy (non-hydrogen) atoms. The number of hydrogen-bond acceptors (Lipinski definition) is 4. The Bertz CT molecular complexity index is 822. The predicted octanol–water partition coefficient (Wildman–Crippen LogP) is 3.24. The fraction of sp³-hybridized carbons (Fsp3) is 0.154. The van der Waals surface area contributed by atoms with Crippen LogP contribution in [0.15, 0.2) is 24.4 Å². The molecule has 0 radical (unpaired) electrons. The molecule has 0 spiro atoms. The van der Waals surface area contributed by atoms with Crippen LogP contribution in [0.25, 0.3) is 22.4 Å². The lowest BCUT2D eigenvalue weighted by molar-refractivity contribution is -0.154. The van der Waals surface area contributed by atoms with Gasteiger partial charge in [-0.25, -0.2) is 13.8 Å². The van der Waals surface area contributed by atoms with Crippen LogP contribution in [0.3, 0.4) is 0 Å². The lowest BCUT2D eigenvalue weighted by Gasteiger charge is -2.07. The van der Waals surface area contributed by atoms with E-state index in [1.54, 1.807) is 0 Å². The van der Waals surface area contributed by atoms with Gasteiger partial charge in [-0.05, 0) is 0 Å². The summed E-state index contributed by atoms with van der Waals surface area (Å²) in [6.07, 6.45) is -3.28. The summed E-state index contributed by atoms with van der Waals surface area (Å²) in [5, 5.41) is 6.93. The summed E-state index contributed by atoms with van der Waals surface area (Å²) in [7, 11) is 0. The summed E-state index contributed by atoms with van der Waals surface area (Å²) in [5.41, 5.74) is 0.649. The van der Waals surface area contributed by atoms with Gasteiger partial charge in [0.2, 0.25) is 5.88 Å². The molecular weight excluding hydrogens is 323 g/mol. The number of rotatable bonds is 3. The smallest absolute Gasteiger partial charge is 0.422 e. The van der Waals surface area contributed by atoms with Gasteiger partial charge in [-0.3, -0.25) is 0 Å². The highest BCUT2D eigenvalue weighted by molar-refractivity contribution is 5.79. The molecule has 0 bridgehead atoms. The summed E-state index contributed by atoms with van der Waals surface area (Å²) in [4.78, 5) is 6.74. The van der Waals surface area contributed by atoms with Gasteiger partial charge in [-0.15, -0.1) is 5.10 Å². The molecule has 0 fully saturated rings. The molecule has 0 saturated heterocycles. The largest absolute Gasteiger partial charge is 0.467 e. The van der Waals surface area contributed by atoms with Gasteiger partial charge in [0, 0.05) is 23.8 Å². The Balaban J connectivity index is 1.92. The van der Waals surface area contributed by atoms with E-state index in [-0.39, 0.29) is 28.3 Å². The average molecular weight is 330 g/mol. The molecule has 120 valence electrons. The zero-order valence-corrected chi connectivity index (χ0v) is 11.2. The first-order valence-electron chi connectivity index (χ1n) is 6.19. The maximum Gasteiger partial charge on any atom is 0.422 e. The quantitative estimate of drug-likeness (QED) is 0.749. The second-order valence-electron chi connectivity index (χ2n) is 4.56. The number of alkyl halides is 3. The molecule has 0 atom stereocenters. The van der Waals surface area contributed by atoms with E-state index < -0.39 is 24.4 Å². The van der Waals surface area contributed by atoms with E-state index in [0.717, 1.165) is 12.1 Å². The lowest BCUT2D eigenvalue weighted by atomic mass is 10.3. The topological polar surface area (TPSA) is 63.7 Å². The van der Waals surface area contributed by atoms with E-state index in [2.05, 4.69) is 24.9 Å². The summed E-state index contributed by atoms with van der Waals surface area (Å²) in [5.74, 6) is -2.29. The molecule has 0 aliphatic heterocycles. The second-order valence-corrected chi connectivity index (χ2v) is 4.56. The number of fused-ring (bicyclic) bond motifs is 1. The molecule has 10 heteroatoms. The Morgan fingerprint density at radius 1 is 1.09 bits per heavy atom. The molecule has 0 amide bonds. The van der Waals surface area contributed by atoms with E-state index >= 15 is 0 Å². The van der Waals surface area contributed by atoms with E-state index in [0.29, 0.717) is 0 Å². The first-order valence-corrected chi connectivity index (χ1v) is 6.19. The maximum absolute atomic E-state index is 13.2. The van der Waals surface area contributed by atoms with Crippen LogP contribution < -0.4 is 4.74 Å². The molecule has 2 aromatic heterocycles. The third kappa shape index (κ3) is 3.35. The number of hydrogen-bond donors (Lipinski definition) is 1. The minimum absolute atomic E-state index is 0.161. The molecule has 3 rings (SSSR count). The van der Waals surface area contributed by atoms with Crippen LogP contribution in [0.4, 0.5) is 22.0 Å². The highest BCUT2D eigenvalue weighted by Crippen LogP contribution is 2.24. The van der Waals surface area contributed by atoms with Gasteiger partial charge in [0.25, 0.3) is 0 Å². The van der Waals surface area contributed by atoms with Crippen molar-refractivity contribution in [2.45, 2.75) is 6.18 Å². The van der Waals surface area contributed by atoms with Gasteiger partial charge >= 0.3 is 6.18 Å². The van der Waals surface area contributed by atoms with Crippen LogP contribution in [-0.2, 0) is 0 Å². The van der Waals surface area contributed by atoms with Crippen molar-refractivity contribution >= 4 is 11.0 Å². The van der Waals surface area contributed by atoms with Gasteiger partial charge in [-0.1, -0.05) is 0 Å². The van der Waals surface area contributed by atoms with Crippen LogP contribution in [0, 0.1) is 11.6 Å². The molecular formula is C13H7F5N4O. The fourth-order valence-corrected chi connectivity index (χ4v) is 1.84. The number of halogens is 5. The number of ether oxygens (including phenoxy) is 1. The molecule has 1 aromatic carbocycles. The van der Waals surface area contributed by atoms with Gasteiger partial charge in [0.15, 0.2) is 18.2 Å². The third-order valence-electron chi connectivity index (χ3n) is 2.81. The Morgan fingerprint density at radius 2 is 1.83 bits per heavy atom. The molecule has 2 heterocycles. The molecule has 1 N–H and O–H groups in total. The van der Waals surface area contributed by atoms with Gasteiger partial charge in [0.05, 0.1) is 17.2 Å². The molecule has 0 aliphatic rings. The maximum atomic E-state index is 13.2. The number of nitrogens with zero attached hydrogens (tertiary/aromatic N) is 3. The minimum atomic E-state index is -4.51. The Hall–Kier alpha value is -2.78. The normalized spacial score (nSPS) is 11.9. The van der Waals surface area contributed by atoms with Crippen molar-refractivity contribution in [2.75, 3.05) is 6.61 Å². The van der Waals surface area contributed by atoms with Crippen molar-refractivity contribution in [3.8, 4) is 17.3 Å². The molecule has 0 aliphatic carbocycles. The highest BCUT2D eigenvalue weighted by Gasteiger charge is 2.28. The number of H-pyrrole nitrogens is 1. The van der Waals surface area contributed by atoms with Crippen molar-refractivity contribution in [3.05, 3.63) is 36.0 Å². The van der Waals surface area contributed by atoms with E-state index in [9.17, 15) is 22.0 Å². The second kappa shape index (κ2) is 5.45. The zero-order chi connectivity index (χ0) is 16.6. The van der Waals surface area contributed by atoms with Gasteiger partial charge < -0.3 is 9.72 Å². The van der Waals surface area contributed by atoms with Crippen LogP contribution >= 0.6 is 0 Å². The summed E-state index contributed by atoms with van der Waals surface area (Å²) < 4.78 is 67.2. The third-order valence-corrected chi connectivity index (χ3v) is 2.81. The monoisotopic (exact) mass is 330 g/mol. The van der Waals surface area contributed by atoms with Crippen LogP contribution in [0.1, 0.15) is 0 Å².